The van der Waals surface area contributed by atoms with Gasteiger partial charge in [-0.05, 0) is 46.9 Å². The van der Waals surface area contributed by atoms with Gasteiger partial charge in [-0.2, -0.15) is 0 Å². The van der Waals surface area contributed by atoms with Crippen LogP contribution in [0.25, 0.3) is 0 Å². The van der Waals surface area contributed by atoms with Gasteiger partial charge in [-0.15, -0.1) is 0 Å². The van der Waals surface area contributed by atoms with Crippen molar-refractivity contribution in [2.75, 3.05) is 16.8 Å². The highest BCUT2D eigenvalue weighted by molar-refractivity contribution is 14.1. The van der Waals surface area contributed by atoms with Gasteiger partial charge in [0.1, 0.15) is 0 Å². The van der Waals surface area contributed by atoms with E-state index in [4.69, 9.17) is 0 Å². The summed E-state index contributed by atoms with van der Waals surface area (Å²) >= 11 is 2.47. The number of alkyl halides is 1. The summed E-state index contributed by atoms with van der Waals surface area (Å²) in [5.74, 6) is 0. The van der Waals surface area contributed by atoms with Crippen LogP contribution in [-0.4, -0.2) is 11.2 Å². The summed E-state index contributed by atoms with van der Waals surface area (Å²) in [5.41, 5.74) is 3.81. The Balaban J connectivity index is 2.13. The van der Waals surface area contributed by atoms with E-state index >= 15 is 0 Å². The molecule has 0 N–H and O–H groups in total. The second kappa shape index (κ2) is 4.22. The number of nitrogens with zero attached hydrogens (tertiary/aromatic N) is 2. The molecule has 0 saturated heterocycles. The minimum absolute atomic E-state index is 0.326. The predicted octanol–water partition coefficient (Wildman–Crippen LogP) is 3.99. The van der Waals surface area contributed by atoms with Crippen LogP contribution in [0.5, 0.6) is 0 Å². The third-order valence-corrected chi connectivity index (χ3v) is 4.48. The number of hydrogen-bond acceptors (Lipinski definition) is 2. The van der Waals surface area contributed by atoms with Gasteiger partial charge in [0.2, 0.25) is 0 Å². The maximum atomic E-state index is 2.47. The molecule has 2 aromatic carbocycles. The van der Waals surface area contributed by atoms with E-state index in [1.54, 1.807) is 0 Å². The van der Waals surface area contributed by atoms with Crippen LogP contribution in [0.2, 0.25) is 0 Å². The van der Waals surface area contributed by atoms with Crippen LogP contribution < -0.4 is 9.80 Å². The molecule has 0 aliphatic carbocycles. The van der Waals surface area contributed by atoms with Crippen LogP contribution in [0.3, 0.4) is 0 Å². The van der Waals surface area contributed by atoms with Gasteiger partial charge in [-0.1, -0.05) is 30.3 Å². The van der Waals surface area contributed by atoms with Gasteiger partial charge in [0.25, 0.3) is 0 Å². The zero-order chi connectivity index (χ0) is 11.8. The highest BCUT2D eigenvalue weighted by Gasteiger charge is 2.31. The Labute approximate surface area is 115 Å². The van der Waals surface area contributed by atoms with E-state index in [0.717, 1.165) is 0 Å². The Morgan fingerprint density at radius 2 is 1.47 bits per heavy atom. The van der Waals surface area contributed by atoms with E-state index < -0.39 is 0 Å². The summed E-state index contributed by atoms with van der Waals surface area (Å²) in [6.45, 7) is 0. The maximum absolute atomic E-state index is 2.47. The smallest absolute Gasteiger partial charge is 0.159 e. The maximum Gasteiger partial charge on any atom is 0.159 e. The Kier molecular flexibility index (Phi) is 2.70. The van der Waals surface area contributed by atoms with Gasteiger partial charge in [0.05, 0.1) is 11.4 Å². The molecule has 0 saturated carbocycles. The van der Waals surface area contributed by atoms with Crippen LogP contribution >= 0.6 is 22.6 Å². The molecular formula is C14H13IN2. The molecule has 2 aromatic rings. The van der Waals surface area contributed by atoms with E-state index in [2.05, 4.69) is 94.0 Å². The topological polar surface area (TPSA) is 6.48 Å². The molecule has 0 bridgehead atoms. The van der Waals surface area contributed by atoms with Gasteiger partial charge in [-0.3, -0.25) is 0 Å². The molecule has 0 spiro atoms. The second-order valence-corrected chi connectivity index (χ2v) is 5.23. The number of halogens is 1. The second-order valence-electron chi connectivity index (χ2n) is 4.12. The number of benzene rings is 2. The first-order valence-electron chi connectivity index (χ1n) is 5.59. The van der Waals surface area contributed by atoms with Crippen molar-refractivity contribution in [3.8, 4) is 0 Å². The van der Waals surface area contributed by atoms with Crippen molar-refractivity contribution in [3.63, 3.8) is 0 Å². The zero-order valence-electron chi connectivity index (χ0n) is 9.55. The summed E-state index contributed by atoms with van der Waals surface area (Å²) in [7, 11) is 2.14. The van der Waals surface area contributed by atoms with Crippen molar-refractivity contribution >= 4 is 39.7 Å². The summed E-state index contributed by atoms with van der Waals surface area (Å²) in [6, 6.07) is 19.1. The molecule has 3 rings (SSSR count). The monoisotopic (exact) mass is 336 g/mol. The minimum Gasteiger partial charge on any atom is -0.344 e. The third kappa shape index (κ3) is 1.69. The fraction of sp³-hybridized carbons (Fsp3) is 0.143. The molecule has 0 aromatic heterocycles. The zero-order valence-corrected chi connectivity index (χ0v) is 11.7. The molecule has 1 aliphatic rings. The van der Waals surface area contributed by atoms with E-state index in [-0.39, 0.29) is 0 Å². The number of rotatable bonds is 1. The first kappa shape index (κ1) is 10.9. The van der Waals surface area contributed by atoms with Gasteiger partial charge in [0, 0.05) is 12.7 Å². The lowest BCUT2D eigenvalue weighted by Gasteiger charge is -2.26. The fourth-order valence-corrected chi connectivity index (χ4v) is 3.14. The van der Waals surface area contributed by atoms with Crippen molar-refractivity contribution in [3.05, 3.63) is 54.6 Å². The van der Waals surface area contributed by atoms with Crippen LogP contribution in [0.1, 0.15) is 0 Å². The first-order valence-corrected chi connectivity index (χ1v) is 6.84. The molecule has 0 amide bonds. The largest absolute Gasteiger partial charge is 0.344 e. The van der Waals surface area contributed by atoms with E-state index in [0.29, 0.717) is 4.17 Å². The number of hydrogen-bond donors (Lipinski definition) is 0. The molecule has 1 heterocycles. The Morgan fingerprint density at radius 3 is 2.18 bits per heavy atom. The predicted molar refractivity (Wildman–Crippen MR) is 81.2 cm³/mol. The summed E-state index contributed by atoms with van der Waals surface area (Å²) in [5, 5.41) is 0. The Hall–Kier alpha value is -1.23. The SMILES string of the molecule is CN1c2ccccc2N(c2ccccc2)C1I. The lowest BCUT2D eigenvalue weighted by molar-refractivity contribution is 0.919. The number of para-hydroxylation sites is 3. The van der Waals surface area contributed by atoms with Gasteiger partial charge in [-0.25, -0.2) is 0 Å². The lowest BCUT2D eigenvalue weighted by Crippen LogP contribution is -2.32. The van der Waals surface area contributed by atoms with Crippen molar-refractivity contribution in [1.82, 2.24) is 0 Å². The number of anilines is 3. The minimum atomic E-state index is 0.326. The molecule has 2 nitrogen and oxygen atoms in total. The number of fused-ring (bicyclic) bond motifs is 1. The van der Waals surface area contributed by atoms with Crippen LogP contribution in [-0.2, 0) is 0 Å². The van der Waals surface area contributed by atoms with E-state index in [1.807, 2.05) is 0 Å². The van der Waals surface area contributed by atoms with Crippen LogP contribution in [0, 0.1) is 0 Å². The molecule has 17 heavy (non-hydrogen) atoms. The van der Waals surface area contributed by atoms with Gasteiger partial charge < -0.3 is 9.80 Å². The Morgan fingerprint density at radius 1 is 0.882 bits per heavy atom. The van der Waals surface area contributed by atoms with Crippen molar-refractivity contribution in [1.29, 1.82) is 0 Å². The molecule has 0 fully saturated rings. The summed E-state index contributed by atoms with van der Waals surface area (Å²) in [4.78, 5) is 4.65. The van der Waals surface area contributed by atoms with Crippen molar-refractivity contribution in [2.45, 2.75) is 4.17 Å². The van der Waals surface area contributed by atoms with Gasteiger partial charge >= 0.3 is 0 Å². The molecule has 1 atom stereocenters. The molecule has 0 radical (unpaired) electrons. The van der Waals surface area contributed by atoms with Gasteiger partial charge in [0.15, 0.2) is 4.17 Å². The van der Waals surface area contributed by atoms with Crippen LogP contribution in [0.15, 0.2) is 54.6 Å². The highest BCUT2D eigenvalue weighted by Crippen LogP contribution is 2.44. The molecule has 86 valence electrons. The molecular weight excluding hydrogens is 323 g/mol. The highest BCUT2D eigenvalue weighted by atomic mass is 127. The lowest BCUT2D eigenvalue weighted by atomic mass is 10.2. The normalized spacial score (nSPS) is 18.4. The fourth-order valence-electron chi connectivity index (χ4n) is 2.22. The average molecular weight is 336 g/mol. The molecule has 3 heteroatoms. The van der Waals surface area contributed by atoms with E-state index in [1.165, 1.54) is 17.1 Å². The Bertz CT molecular complexity index is 527. The van der Waals surface area contributed by atoms with Crippen molar-refractivity contribution in [2.24, 2.45) is 0 Å². The first-order chi connectivity index (χ1) is 8.29. The summed E-state index contributed by atoms with van der Waals surface area (Å²) in [6.07, 6.45) is 0. The third-order valence-electron chi connectivity index (χ3n) is 3.09. The van der Waals surface area contributed by atoms with Crippen molar-refractivity contribution < 1.29 is 0 Å². The standard InChI is InChI=1S/C14H13IN2/c1-16-12-9-5-6-10-13(12)17(14(16)15)11-7-3-2-4-8-11/h2-10,14H,1H3. The van der Waals surface area contributed by atoms with Crippen LogP contribution in [0.4, 0.5) is 17.1 Å². The molecule has 1 aliphatic heterocycles. The van der Waals surface area contributed by atoms with E-state index in [9.17, 15) is 0 Å². The average Bonchev–Trinajstić information content (AvgIpc) is 2.64. The quantitative estimate of drug-likeness (QED) is 0.441. The molecule has 1 unspecified atom stereocenters. The summed E-state index contributed by atoms with van der Waals surface area (Å²) < 4.78 is 0.326.